The SMILES string of the molecule is C=C1C[C@@]23CC[C@H]4C(CCC[C@@H]4C)[C@@H]2CC[C@]1(OCO[C@H](CO)C(O)C(O)[C@H](C)O[C@@H]1O[C@@H](CO)C(O)C(O)C1O)CC3. The highest BCUT2D eigenvalue weighted by atomic mass is 16.7. The molecule has 5 saturated carbocycles. The first-order valence-corrected chi connectivity index (χ1v) is 16.3. The van der Waals surface area contributed by atoms with Crippen LogP contribution < -0.4 is 0 Å². The van der Waals surface area contributed by atoms with E-state index in [4.69, 9.17) is 18.9 Å². The van der Waals surface area contributed by atoms with Crippen LogP contribution in [0.2, 0.25) is 0 Å². The maximum atomic E-state index is 10.8. The highest BCUT2D eigenvalue weighted by Crippen LogP contribution is 2.65. The molecule has 11 nitrogen and oxygen atoms in total. The molecule has 6 rings (SSSR count). The zero-order valence-corrected chi connectivity index (χ0v) is 25.7. The molecule has 7 N–H and O–H groups in total. The van der Waals surface area contributed by atoms with E-state index in [1.54, 1.807) is 0 Å². The van der Waals surface area contributed by atoms with Crippen molar-refractivity contribution in [1.29, 1.82) is 0 Å². The van der Waals surface area contributed by atoms with E-state index < -0.39 is 73.9 Å². The van der Waals surface area contributed by atoms with Crippen LogP contribution in [0.1, 0.15) is 78.1 Å². The number of hydrogen-bond donors (Lipinski definition) is 7. The van der Waals surface area contributed by atoms with Crippen molar-refractivity contribution in [2.75, 3.05) is 20.0 Å². The summed E-state index contributed by atoms with van der Waals surface area (Å²) in [5, 5.41) is 71.2. The van der Waals surface area contributed by atoms with Gasteiger partial charge in [0.2, 0.25) is 0 Å². The van der Waals surface area contributed by atoms with E-state index in [1.807, 2.05) is 0 Å². The van der Waals surface area contributed by atoms with Crippen LogP contribution in [0.3, 0.4) is 0 Å². The van der Waals surface area contributed by atoms with Gasteiger partial charge in [0.25, 0.3) is 0 Å². The lowest BCUT2D eigenvalue weighted by Gasteiger charge is -2.56. The van der Waals surface area contributed by atoms with E-state index in [2.05, 4.69) is 13.5 Å². The van der Waals surface area contributed by atoms with Gasteiger partial charge in [0, 0.05) is 0 Å². The fourth-order valence-electron chi connectivity index (χ4n) is 9.37. The van der Waals surface area contributed by atoms with Gasteiger partial charge in [0.05, 0.1) is 24.9 Å². The first-order chi connectivity index (χ1) is 20.5. The number of ether oxygens (including phenoxy) is 4. The second-order valence-corrected chi connectivity index (χ2v) is 14.2. The maximum absolute atomic E-state index is 10.8. The van der Waals surface area contributed by atoms with Crippen molar-refractivity contribution in [1.82, 2.24) is 0 Å². The summed E-state index contributed by atoms with van der Waals surface area (Å²) < 4.78 is 23.1. The van der Waals surface area contributed by atoms with Gasteiger partial charge >= 0.3 is 0 Å². The predicted octanol–water partition coefficient (Wildman–Crippen LogP) is 0.986. The van der Waals surface area contributed by atoms with Gasteiger partial charge in [-0.15, -0.1) is 0 Å². The second kappa shape index (κ2) is 13.6. The number of rotatable bonds is 11. The molecule has 0 amide bonds. The molecule has 248 valence electrons. The van der Waals surface area contributed by atoms with Gasteiger partial charge in [0.15, 0.2) is 6.29 Å². The number of aliphatic hydroxyl groups excluding tert-OH is 7. The molecule has 0 aromatic carbocycles. The molecule has 1 spiro atoms. The Balaban J connectivity index is 1.16. The molecule has 6 aliphatic rings. The van der Waals surface area contributed by atoms with Gasteiger partial charge < -0.3 is 54.7 Å². The summed E-state index contributed by atoms with van der Waals surface area (Å²) in [6.45, 7) is 6.97. The predicted molar refractivity (Wildman–Crippen MR) is 154 cm³/mol. The average molecular weight is 615 g/mol. The topological polar surface area (TPSA) is 179 Å². The van der Waals surface area contributed by atoms with Gasteiger partial charge in [-0.2, -0.15) is 0 Å². The van der Waals surface area contributed by atoms with E-state index in [1.165, 1.54) is 39.0 Å². The number of hydrogen-bond acceptors (Lipinski definition) is 11. The van der Waals surface area contributed by atoms with Gasteiger partial charge in [-0.05, 0) is 93.0 Å². The fraction of sp³-hybridized carbons (Fsp3) is 0.938. The van der Waals surface area contributed by atoms with E-state index in [0.29, 0.717) is 11.3 Å². The minimum absolute atomic E-state index is 0.184. The van der Waals surface area contributed by atoms with Gasteiger partial charge in [-0.1, -0.05) is 26.3 Å². The molecule has 0 aromatic rings. The Kier molecular flexibility index (Phi) is 10.6. The monoisotopic (exact) mass is 614 g/mol. The number of fused-ring (bicyclic) bond motifs is 4. The quantitative estimate of drug-likeness (QED) is 0.130. The molecule has 11 heteroatoms. The summed E-state index contributed by atoms with van der Waals surface area (Å²) >= 11 is 0. The van der Waals surface area contributed by atoms with Crippen LogP contribution in [0.15, 0.2) is 12.2 Å². The van der Waals surface area contributed by atoms with Gasteiger partial charge in [0.1, 0.15) is 49.5 Å². The van der Waals surface area contributed by atoms with Crippen LogP contribution in [-0.2, 0) is 18.9 Å². The highest BCUT2D eigenvalue weighted by molar-refractivity contribution is 5.24. The molecule has 6 unspecified atom stereocenters. The maximum Gasteiger partial charge on any atom is 0.187 e. The highest BCUT2D eigenvalue weighted by Gasteiger charge is 2.58. The summed E-state index contributed by atoms with van der Waals surface area (Å²) in [6.07, 6.45) is -1.37. The Hall–Kier alpha value is -0.700. The van der Waals surface area contributed by atoms with Crippen LogP contribution in [0.5, 0.6) is 0 Å². The molecule has 6 fully saturated rings. The smallest absolute Gasteiger partial charge is 0.187 e. The Morgan fingerprint density at radius 3 is 2.40 bits per heavy atom. The van der Waals surface area contributed by atoms with Crippen LogP contribution in [-0.4, -0.2) is 116 Å². The lowest BCUT2D eigenvalue weighted by molar-refractivity contribution is -0.319. The van der Waals surface area contributed by atoms with Crippen molar-refractivity contribution in [2.24, 2.45) is 29.1 Å². The number of aliphatic hydroxyl groups is 7. The average Bonchev–Trinajstić information content (AvgIpc) is 3.24. The van der Waals surface area contributed by atoms with Crippen LogP contribution in [0.25, 0.3) is 0 Å². The fourth-order valence-corrected chi connectivity index (χ4v) is 9.37. The van der Waals surface area contributed by atoms with Crippen molar-refractivity contribution >= 4 is 0 Å². The lowest BCUT2D eigenvalue weighted by atomic mass is 9.50. The van der Waals surface area contributed by atoms with E-state index in [-0.39, 0.29) is 6.79 Å². The molecule has 2 bridgehead atoms. The summed E-state index contributed by atoms with van der Waals surface area (Å²) in [4.78, 5) is 0. The van der Waals surface area contributed by atoms with E-state index in [0.717, 1.165) is 55.4 Å². The minimum Gasteiger partial charge on any atom is -0.394 e. The van der Waals surface area contributed by atoms with Gasteiger partial charge in [-0.25, -0.2) is 0 Å². The van der Waals surface area contributed by atoms with Crippen molar-refractivity contribution in [2.45, 2.75) is 139 Å². The summed E-state index contributed by atoms with van der Waals surface area (Å²) in [7, 11) is 0. The first-order valence-electron chi connectivity index (χ1n) is 16.3. The molecule has 0 radical (unpaired) electrons. The lowest BCUT2D eigenvalue weighted by Crippen LogP contribution is -2.60. The third-order valence-corrected chi connectivity index (χ3v) is 12.1. The molecule has 0 aromatic heterocycles. The minimum atomic E-state index is -1.65. The third-order valence-electron chi connectivity index (χ3n) is 12.1. The second-order valence-electron chi connectivity index (χ2n) is 14.2. The zero-order chi connectivity index (χ0) is 31.1. The van der Waals surface area contributed by atoms with E-state index >= 15 is 0 Å². The van der Waals surface area contributed by atoms with Crippen molar-refractivity contribution in [3.63, 3.8) is 0 Å². The Morgan fingerprint density at radius 2 is 1.70 bits per heavy atom. The molecule has 43 heavy (non-hydrogen) atoms. The zero-order valence-electron chi connectivity index (χ0n) is 25.7. The molecule has 15 atom stereocenters. The standard InChI is InChI=1S/C32H54O11/c1-17-5-4-6-21-20(17)7-9-31-11-12-32(18(2)13-31,10-8-22(21)31)41-16-40-23(14-33)26(36)25(35)19(3)42-30-29(39)28(38)27(37)24(15-34)43-30/h17,19-30,33-39H,2,4-16H2,1,3H3/t17-,19-,20+,21?,22-,23+,24-,25?,26?,27?,28?,29?,30+,31-,32-/m0/s1. The summed E-state index contributed by atoms with van der Waals surface area (Å²) in [6, 6.07) is 0. The molecule has 1 heterocycles. The molecular formula is C32H54O11. The molecule has 1 saturated heterocycles. The first kappa shape index (κ1) is 33.7. The summed E-state index contributed by atoms with van der Waals surface area (Å²) in [5.41, 5.74) is 0.946. The third kappa shape index (κ3) is 6.34. The Bertz CT molecular complexity index is 948. The Morgan fingerprint density at radius 1 is 0.930 bits per heavy atom. The van der Waals surface area contributed by atoms with Gasteiger partial charge in [-0.3, -0.25) is 0 Å². The Labute approximate surface area is 254 Å². The van der Waals surface area contributed by atoms with Crippen LogP contribution >= 0.6 is 0 Å². The van der Waals surface area contributed by atoms with Crippen LogP contribution in [0, 0.1) is 29.1 Å². The van der Waals surface area contributed by atoms with Crippen molar-refractivity contribution in [3.05, 3.63) is 12.2 Å². The summed E-state index contributed by atoms with van der Waals surface area (Å²) in [5.74, 6) is 3.13. The molecule has 1 aliphatic heterocycles. The van der Waals surface area contributed by atoms with Crippen molar-refractivity contribution < 1.29 is 54.7 Å². The normalized spacial score (nSPS) is 45.9. The molecule has 5 aliphatic carbocycles. The van der Waals surface area contributed by atoms with Crippen molar-refractivity contribution in [3.8, 4) is 0 Å². The van der Waals surface area contributed by atoms with E-state index in [9.17, 15) is 35.7 Å². The van der Waals surface area contributed by atoms with Crippen LogP contribution in [0.4, 0.5) is 0 Å². The molecular weight excluding hydrogens is 560 g/mol. The largest absolute Gasteiger partial charge is 0.394 e.